The van der Waals surface area contributed by atoms with Gasteiger partial charge in [-0.25, -0.2) is 9.97 Å². The van der Waals surface area contributed by atoms with E-state index in [1.54, 1.807) is 0 Å². The molecule has 1 aliphatic rings. The fourth-order valence-corrected chi connectivity index (χ4v) is 3.33. The Labute approximate surface area is 127 Å². The third-order valence-corrected chi connectivity index (χ3v) is 4.40. The Morgan fingerprint density at radius 2 is 1.95 bits per heavy atom. The number of halogens is 1. The standard InChI is InChI=1S/C15H25ClN4/c1-10(2)14-11(3)17-13(18-15(14)16)8-12-9-19(4)6-7-20(12)5/h10,12H,6-9H2,1-5H3. The van der Waals surface area contributed by atoms with Crippen molar-refractivity contribution in [2.75, 3.05) is 33.7 Å². The molecule has 0 N–H and O–H groups in total. The Balaban J connectivity index is 2.17. The third kappa shape index (κ3) is 3.48. The smallest absolute Gasteiger partial charge is 0.136 e. The molecule has 1 fully saturated rings. The maximum Gasteiger partial charge on any atom is 0.136 e. The fraction of sp³-hybridized carbons (Fsp3) is 0.733. The number of likely N-dealkylation sites (N-methyl/N-ethyl adjacent to an activating group) is 2. The molecule has 0 bridgehead atoms. The van der Waals surface area contributed by atoms with Crippen LogP contribution in [0.2, 0.25) is 5.15 Å². The summed E-state index contributed by atoms with van der Waals surface area (Å²) in [6.07, 6.45) is 0.861. The van der Waals surface area contributed by atoms with Crippen molar-refractivity contribution in [3.8, 4) is 0 Å². The summed E-state index contributed by atoms with van der Waals surface area (Å²) in [5, 5.41) is 0.620. The largest absolute Gasteiger partial charge is 0.304 e. The summed E-state index contributed by atoms with van der Waals surface area (Å²) in [5.74, 6) is 1.23. The second-order valence-corrected chi connectivity index (χ2v) is 6.54. The van der Waals surface area contributed by atoms with Crippen LogP contribution < -0.4 is 0 Å². The predicted molar refractivity (Wildman–Crippen MR) is 83.5 cm³/mol. The van der Waals surface area contributed by atoms with E-state index in [0.717, 1.165) is 43.1 Å². The molecule has 0 spiro atoms. The maximum atomic E-state index is 6.34. The van der Waals surface area contributed by atoms with Crippen LogP contribution in [0.1, 0.15) is 36.8 Å². The quantitative estimate of drug-likeness (QED) is 0.802. The molecular weight excluding hydrogens is 272 g/mol. The summed E-state index contributed by atoms with van der Waals surface area (Å²) >= 11 is 6.34. The van der Waals surface area contributed by atoms with E-state index in [2.05, 4.69) is 47.7 Å². The zero-order chi connectivity index (χ0) is 14.9. The monoisotopic (exact) mass is 296 g/mol. The second-order valence-electron chi connectivity index (χ2n) is 6.19. The fourth-order valence-electron chi connectivity index (χ4n) is 2.88. The van der Waals surface area contributed by atoms with Crippen molar-refractivity contribution in [2.45, 2.75) is 39.2 Å². The van der Waals surface area contributed by atoms with E-state index in [1.165, 1.54) is 0 Å². The highest BCUT2D eigenvalue weighted by Crippen LogP contribution is 2.25. The highest BCUT2D eigenvalue weighted by atomic mass is 35.5. The molecule has 1 saturated heterocycles. The molecule has 20 heavy (non-hydrogen) atoms. The Bertz CT molecular complexity index is 452. The molecule has 0 radical (unpaired) electrons. The van der Waals surface area contributed by atoms with E-state index in [1.807, 2.05) is 6.92 Å². The summed E-state index contributed by atoms with van der Waals surface area (Å²) in [7, 11) is 4.34. The molecule has 1 atom stereocenters. The zero-order valence-corrected chi connectivity index (χ0v) is 13.9. The Hall–Kier alpha value is -0.710. The number of aromatic nitrogens is 2. The number of aryl methyl sites for hydroxylation is 1. The lowest BCUT2D eigenvalue weighted by molar-refractivity contribution is 0.113. The van der Waals surface area contributed by atoms with Gasteiger partial charge in [-0.1, -0.05) is 25.4 Å². The molecule has 2 heterocycles. The summed E-state index contributed by atoms with van der Waals surface area (Å²) in [4.78, 5) is 13.9. The average Bonchev–Trinajstić information content (AvgIpc) is 2.32. The van der Waals surface area contributed by atoms with Crippen LogP contribution in [0.3, 0.4) is 0 Å². The topological polar surface area (TPSA) is 32.3 Å². The minimum Gasteiger partial charge on any atom is -0.304 e. The van der Waals surface area contributed by atoms with Gasteiger partial charge in [0.2, 0.25) is 0 Å². The first-order valence-electron chi connectivity index (χ1n) is 7.30. The Morgan fingerprint density at radius 1 is 1.25 bits per heavy atom. The van der Waals surface area contributed by atoms with Gasteiger partial charge in [0.05, 0.1) is 0 Å². The number of hydrogen-bond donors (Lipinski definition) is 0. The van der Waals surface area contributed by atoms with Gasteiger partial charge in [0.15, 0.2) is 0 Å². The Kier molecular flexibility index (Phi) is 4.99. The van der Waals surface area contributed by atoms with Crippen molar-refractivity contribution in [2.24, 2.45) is 0 Å². The molecule has 5 heteroatoms. The van der Waals surface area contributed by atoms with E-state index in [4.69, 9.17) is 11.6 Å². The normalized spacial score (nSPS) is 21.6. The lowest BCUT2D eigenvalue weighted by Gasteiger charge is -2.37. The average molecular weight is 297 g/mol. The van der Waals surface area contributed by atoms with Gasteiger partial charge >= 0.3 is 0 Å². The number of nitrogens with zero attached hydrogens (tertiary/aromatic N) is 4. The maximum absolute atomic E-state index is 6.34. The van der Waals surface area contributed by atoms with Crippen molar-refractivity contribution in [1.82, 2.24) is 19.8 Å². The van der Waals surface area contributed by atoms with Crippen LogP contribution >= 0.6 is 11.6 Å². The summed E-state index contributed by atoms with van der Waals surface area (Å²) in [6.45, 7) is 9.56. The van der Waals surface area contributed by atoms with E-state index in [9.17, 15) is 0 Å². The molecule has 1 aliphatic heterocycles. The Morgan fingerprint density at radius 3 is 2.55 bits per heavy atom. The van der Waals surface area contributed by atoms with Gasteiger partial charge < -0.3 is 9.80 Å². The van der Waals surface area contributed by atoms with Gasteiger partial charge in [-0.15, -0.1) is 0 Å². The van der Waals surface area contributed by atoms with Crippen LogP contribution in [0.4, 0.5) is 0 Å². The van der Waals surface area contributed by atoms with Gasteiger partial charge in [0, 0.05) is 43.4 Å². The van der Waals surface area contributed by atoms with Crippen LogP contribution in [0.25, 0.3) is 0 Å². The van der Waals surface area contributed by atoms with Crippen molar-refractivity contribution in [3.63, 3.8) is 0 Å². The van der Waals surface area contributed by atoms with Gasteiger partial charge in [-0.3, -0.25) is 0 Å². The zero-order valence-electron chi connectivity index (χ0n) is 13.1. The van der Waals surface area contributed by atoms with Crippen molar-refractivity contribution in [3.05, 3.63) is 22.2 Å². The molecule has 1 unspecified atom stereocenters. The molecule has 0 aliphatic carbocycles. The molecule has 0 saturated carbocycles. The first kappa shape index (κ1) is 15.7. The first-order chi connectivity index (χ1) is 9.38. The molecule has 1 aromatic heterocycles. The van der Waals surface area contributed by atoms with E-state index < -0.39 is 0 Å². The minimum atomic E-state index is 0.361. The van der Waals surface area contributed by atoms with Crippen molar-refractivity contribution in [1.29, 1.82) is 0 Å². The molecular formula is C15H25ClN4. The SMILES string of the molecule is Cc1nc(CC2CN(C)CCN2C)nc(Cl)c1C(C)C. The minimum absolute atomic E-state index is 0.361. The highest BCUT2D eigenvalue weighted by molar-refractivity contribution is 6.30. The molecule has 0 amide bonds. The van der Waals surface area contributed by atoms with Crippen LogP contribution in [-0.2, 0) is 6.42 Å². The molecule has 2 rings (SSSR count). The first-order valence-corrected chi connectivity index (χ1v) is 7.68. The van der Waals surface area contributed by atoms with Crippen LogP contribution in [-0.4, -0.2) is 59.5 Å². The summed E-state index contributed by atoms with van der Waals surface area (Å²) < 4.78 is 0. The van der Waals surface area contributed by atoms with Crippen LogP contribution in [0, 0.1) is 6.92 Å². The molecule has 4 nitrogen and oxygen atoms in total. The predicted octanol–water partition coefficient (Wildman–Crippen LogP) is 2.35. The van der Waals surface area contributed by atoms with Gasteiger partial charge in [-0.2, -0.15) is 0 Å². The van der Waals surface area contributed by atoms with Crippen molar-refractivity contribution >= 4 is 11.6 Å². The number of hydrogen-bond acceptors (Lipinski definition) is 4. The third-order valence-electron chi connectivity index (χ3n) is 4.11. The number of rotatable bonds is 3. The lowest BCUT2D eigenvalue weighted by atomic mass is 10.0. The number of piperazine rings is 1. The molecule has 112 valence electrons. The van der Waals surface area contributed by atoms with Gasteiger partial charge in [0.1, 0.15) is 11.0 Å². The van der Waals surface area contributed by atoms with Crippen LogP contribution in [0.5, 0.6) is 0 Å². The second kappa shape index (κ2) is 6.37. The lowest BCUT2D eigenvalue weighted by Crippen LogP contribution is -2.51. The van der Waals surface area contributed by atoms with Gasteiger partial charge in [0.25, 0.3) is 0 Å². The highest BCUT2D eigenvalue weighted by Gasteiger charge is 2.24. The summed E-state index contributed by atoms with van der Waals surface area (Å²) in [5.41, 5.74) is 2.09. The van der Waals surface area contributed by atoms with E-state index in [-0.39, 0.29) is 0 Å². The molecule has 1 aromatic rings. The van der Waals surface area contributed by atoms with Crippen molar-refractivity contribution < 1.29 is 0 Å². The van der Waals surface area contributed by atoms with E-state index >= 15 is 0 Å². The van der Waals surface area contributed by atoms with Crippen LogP contribution in [0.15, 0.2) is 0 Å². The summed E-state index contributed by atoms with van der Waals surface area (Å²) in [6, 6.07) is 0.467. The van der Waals surface area contributed by atoms with E-state index in [0.29, 0.717) is 17.1 Å². The molecule has 0 aromatic carbocycles. The van der Waals surface area contributed by atoms with Gasteiger partial charge in [-0.05, 0) is 26.9 Å².